The third kappa shape index (κ3) is 3.63. The highest BCUT2D eigenvalue weighted by molar-refractivity contribution is 5.90. The first-order valence-corrected chi connectivity index (χ1v) is 11.3. The van der Waals surface area contributed by atoms with Crippen LogP contribution in [0.2, 0.25) is 0 Å². The number of aromatic nitrogens is 4. The van der Waals surface area contributed by atoms with Crippen molar-refractivity contribution in [1.82, 2.24) is 24.8 Å². The van der Waals surface area contributed by atoms with E-state index in [4.69, 9.17) is 9.72 Å². The third-order valence-corrected chi connectivity index (χ3v) is 6.74. The zero-order valence-corrected chi connectivity index (χ0v) is 18.3. The Bertz CT molecular complexity index is 1220. The van der Waals surface area contributed by atoms with Crippen LogP contribution in [0.4, 0.5) is 17.3 Å². The number of fused-ring (bicyclic) bond motifs is 1. The van der Waals surface area contributed by atoms with Crippen molar-refractivity contribution in [3.8, 4) is 5.88 Å². The average molecular weight is 444 g/mol. The summed E-state index contributed by atoms with van der Waals surface area (Å²) < 4.78 is 5.71. The maximum atomic E-state index is 12.1. The van der Waals surface area contributed by atoms with Gasteiger partial charge in [-0.15, -0.1) is 0 Å². The minimum Gasteiger partial charge on any atom is -0.477 e. The van der Waals surface area contributed by atoms with Crippen molar-refractivity contribution in [2.75, 3.05) is 36.5 Å². The molecule has 0 unspecified atom stereocenters. The second kappa shape index (κ2) is 7.68. The Morgan fingerprint density at radius 1 is 1.21 bits per heavy atom. The van der Waals surface area contributed by atoms with Gasteiger partial charge in [0.25, 0.3) is 0 Å². The number of pyridine rings is 2. The van der Waals surface area contributed by atoms with Crippen LogP contribution in [0, 0.1) is 5.92 Å². The summed E-state index contributed by atoms with van der Waals surface area (Å²) in [7, 11) is 0. The Labute approximate surface area is 191 Å². The molecule has 3 aliphatic rings. The lowest BCUT2D eigenvalue weighted by molar-refractivity contribution is -0.144. The summed E-state index contributed by atoms with van der Waals surface area (Å²) in [4.78, 5) is 34.2. The number of likely N-dealkylation sites (tertiary alicyclic amines) is 1. The number of nitrogens with zero attached hydrogens (tertiary/aromatic N) is 6. The van der Waals surface area contributed by atoms with Gasteiger partial charge in [0.05, 0.1) is 29.5 Å². The Morgan fingerprint density at radius 2 is 2.09 bits per heavy atom. The second-order valence-corrected chi connectivity index (χ2v) is 9.05. The van der Waals surface area contributed by atoms with Crippen LogP contribution in [-0.4, -0.2) is 62.5 Å². The lowest BCUT2D eigenvalue weighted by atomic mass is 9.77. The van der Waals surface area contributed by atoms with Crippen LogP contribution in [0.5, 0.6) is 5.88 Å². The largest absolute Gasteiger partial charge is 0.477 e. The van der Waals surface area contributed by atoms with E-state index in [0.29, 0.717) is 23.1 Å². The highest BCUT2D eigenvalue weighted by Gasteiger charge is 2.55. The fraction of sp³-hybridized carbons (Fsp3) is 0.375. The zero-order chi connectivity index (χ0) is 22.4. The van der Waals surface area contributed by atoms with E-state index in [1.807, 2.05) is 29.2 Å². The van der Waals surface area contributed by atoms with Crippen LogP contribution in [0.3, 0.4) is 0 Å². The molecule has 1 spiro atoms. The first-order valence-electron chi connectivity index (χ1n) is 11.3. The van der Waals surface area contributed by atoms with Crippen molar-refractivity contribution in [3.63, 3.8) is 0 Å². The number of hydrogen-bond donors (Lipinski definition) is 1. The quantitative estimate of drug-likeness (QED) is 0.557. The molecule has 33 heavy (non-hydrogen) atoms. The first kappa shape index (κ1) is 19.9. The summed E-state index contributed by atoms with van der Waals surface area (Å²) in [6, 6.07) is 7.71. The van der Waals surface area contributed by atoms with Gasteiger partial charge in [0, 0.05) is 25.7 Å². The molecular formula is C24H25N7O2. The van der Waals surface area contributed by atoms with Gasteiger partial charge in [0.1, 0.15) is 17.7 Å². The van der Waals surface area contributed by atoms with E-state index in [1.54, 1.807) is 6.20 Å². The van der Waals surface area contributed by atoms with Crippen LogP contribution in [0.15, 0.2) is 49.4 Å². The molecule has 1 N–H and O–H groups in total. The second-order valence-electron chi connectivity index (χ2n) is 9.05. The van der Waals surface area contributed by atoms with Gasteiger partial charge in [0.2, 0.25) is 11.8 Å². The number of anilines is 3. The van der Waals surface area contributed by atoms with Crippen LogP contribution in [-0.2, 0) is 4.79 Å². The maximum Gasteiger partial charge on any atom is 0.246 e. The Hall–Kier alpha value is -3.75. The van der Waals surface area contributed by atoms with Crippen molar-refractivity contribution in [3.05, 3.63) is 49.4 Å². The molecule has 1 amide bonds. The van der Waals surface area contributed by atoms with Crippen LogP contribution >= 0.6 is 0 Å². The van der Waals surface area contributed by atoms with Crippen molar-refractivity contribution in [2.24, 2.45) is 5.92 Å². The third-order valence-electron chi connectivity index (χ3n) is 6.74. The summed E-state index contributed by atoms with van der Waals surface area (Å²) in [6.45, 7) is 6.69. The van der Waals surface area contributed by atoms with Gasteiger partial charge in [-0.2, -0.15) is 0 Å². The molecule has 168 valence electrons. The molecular weight excluding hydrogens is 418 g/mol. The lowest BCUT2D eigenvalue weighted by Gasteiger charge is -2.62. The zero-order valence-electron chi connectivity index (χ0n) is 18.3. The van der Waals surface area contributed by atoms with Crippen molar-refractivity contribution < 1.29 is 9.53 Å². The number of carbonyl (C=O) groups excluding carboxylic acids is 1. The normalized spacial score (nSPS) is 18.5. The summed E-state index contributed by atoms with van der Waals surface area (Å²) in [5.41, 5.74) is 2.18. The Balaban J connectivity index is 1.18. The summed E-state index contributed by atoms with van der Waals surface area (Å²) in [5.74, 6) is 2.80. The fourth-order valence-corrected chi connectivity index (χ4v) is 4.51. The van der Waals surface area contributed by atoms with Gasteiger partial charge < -0.3 is 19.9 Å². The van der Waals surface area contributed by atoms with Gasteiger partial charge in [-0.05, 0) is 49.5 Å². The summed E-state index contributed by atoms with van der Waals surface area (Å²) in [6.07, 6.45) is 8.17. The van der Waals surface area contributed by atoms with E-state index in [9.17, 15) is 4.79 Å². The highest BCUT2D eigenvalue weighted by atomic mass is 16.5. The molecule has 9 nitrogen and oxygen atoms in total. The summed E-state index contributed by atoms with van der Waals surface area (Å²) in [5, 5.41) is 3.31. The predicted octanol–water partition coefficient (Wildman–Crippen LogP) is 2.93. The van der Waals surface area contributed by atoms with Crippen LogP contribution in [0.25, 0.3) is 11.0 Å². The van der Waals surface area contributed by atoms with Crippen LogP contribution in [0.1, 0.15) is 19.3 Å². The number of hydrogen-bond acceptors (Lipinski definition) is 8. The lowest BCUT2D eigenvalue weighted by Crippen LogP contribution is -2.78. The number of rotatable bonds is 7. The summed E-state index contributed by atoms with van der Waals surface area (Å²) >= 11 is 0. The van der Waals surface area contributed by atoms with Gasteiger partial charge in [0.15, 0.2) is 5.82 Å². The topological polar surface area (TPSA) is 96.4 Å². The van der Waals surface area contributed by atoms with Crippen LogP contribution < -0.4 is 15.0 Å². The average Bonchev–Trinajstić information content (AvgIpc) is 3.62. The molecule has 3 aromatic rings. The SMILES string of the molecule is C=CC(=O)N1CCC12CN(c1ccc3ncnc(Nc4ccc(OCC5CC5)nc4)c3n1)C2. The fourth-order valence-electron chi connectivity index (χ4n) is 4.51. The van der Waals surface area contributed by atoms with Gasteiger partial charge in [-0.3, -0.25) is 4.79 Å². The van der Waals surface area contributed by atoms with E-state index in [1.165, 1.54) is 25.2 Å². The molecule has 2 aliphatic heterocycles. The van der Waals surface area contributed by atoms with E-state index in [-0.39, 0.29) is 11.4 Å². The van der Waals surface area contributed by atoms with Crippen molar-refractivity contribution in [1.29, 1.82) is 0 Å². The number of amides is 1. The first-order chi connectivity index (χ1) is 16.1. The number of nitrogens with one attached hydrogen (secondary N) is 1. The monoisotopic (exact) mass is 443 g/mol. The highest BCUT2D eigenvalue weighted by Crippen LogP contribution is 2.41. The Kier molecular flexibility index (Phi) is 4.63. The Morgan fingerprint density at radius 3 is 2.79 bits per heavy atom. The molecule has 5 heterocycles. The van der Waals surface area contributed by atoms with Gasteiger partial charge in [-0.1, -0.05) is 6.58 Å². The minimum absolute atomic E-state index is 0.00447. The molecule has 3 fully saturated rings. The van der Waals surface area contributed by atoms with Crippen molar-refractivity contribution >= 4 is 34.3 Å². The van der Waals surface area contributed by atoms with E-state index < -0.39 is 0 Å². The van der Waals surface area contributed by atoms with E-state index in [2.05, 4.69) is 31.7 Å². The number of ether oxygens (including phenoxy) is 1. The molecule has 0 radical (unpaired) electrons. The van der Waals surface area contributed by atoms with Gasteiger partial charge in [-0.25, -0.2) is 19.9 Å². The maximum absolute atomic E-state index is 12.1. The molecule has 1 saturated carbocycles. The minimum atomic E-state index is -0.0782. The molecule has 0 atom stereocenters. The smallest absolute Gasteiger partial charge is 0.246 e. The van der Waals surface area contributed by atoms with Gasteiger partial charge >= 0.3 is 0 Å². The van der Waals surface area contributed by atoms with E-state index >= 15 is 0 Å². The predicted molar refractivity (Wildman–Crippen MR) is 125 cm³/mol. The molecule has 2 saturated heterocycles. The molecule has 0 aromatic carbocycles. The molecule has 9 heteroatoms. The number of carbonyl (C=O) groups is 1. The van der Waals surface area contributed by atoms with E-state index in [0.717, 1.165) is 49.7 Å². The molecule has 0 bridgehead atoms. The molecule has 3 aromatic heterocycles. The van der Waals surface area contributed by atoms with Crippen molar-refractivity contribution in [2.45, 2.75) is 24.8 Å². The molecule has 1 aliphatic carbocycles. The molecule has 6 rings (SSSR count). The standard InChI is InChI=1S/C24H25N7O2/c1-2-21(32)31-10-9-24(31)13-30(14-24)19-7-6-18-22(29-19)23(27-15-26-18)28-17-5-8-20(25-11-17)33-12-16-3-4-16/h2,5-8,11,15-16H,1,3-4,9-10,12-14H2,(H,26,27,28).